The van der Waals surface area contributed by atoms with E-state index in [4.69, 9.17) is 11.6 Å². The van der Waals surface area contributed by atoms with E-state index in [1.807, 2.05) is 0 Å². The van der Waals surface area contributed by atoms with Gasteiger partial charge >= 0.3 is 0 Å². The molecule has 8 heteroatoms. The van der Waals surface area contributed by atoms with Crippen LogP contribution in [0.4, 0.5) is 0 Å². The van der Waals surface area contributed by atoms with Gasteiger partial charge in [-0.1, -0.05) is 11.6 Å². The summed E-state index contributed by atoms with van der Waals surface area (Å²) in [6.45, 7) is 0. The number of fused-ring (bicyclic) bond motifs is 1. The fourth-order valence-corrected chi connectivity index (χ4v) is 2.54. The molecule has 1 aromatic carbocycles. The Balaban J connectivity index is 2.89. The molecule has 0 atom stereocenters. The zero-order chi connectivity index (χ0) is 11.1. The van der Waals surface area contributed by atoms with E-state index in [1.165, 1.54) is 19.2 Å². The van der Waals surface area contributed by atoms with Crippen LogP contribution in [0.1, 0.15) is 0 Å². The Bertz CT molecular complexity index is 607. The highest BCUT2D eigenvalue weighted by Gasteiger charge is 2.22. The lowest BCUT2D eigenvalue weighted by atomic mass is 10.3. The summed E-state index contributed by atoms with van der Waals surface area (Å²) >= 11 is 5.79. The van der Waals surface area contributed by atoms with Crippen molar-refractivity contribution in [3.63, 3.8) is 0 Å². The fraction of sp³-hybridized carbons (Fsp3) is 0.143. The molecule has 0 aliphatic carbocycles. The van der Waals surface area contributed by atoms with Crippen LogP contribution >= 0.6 is 11.6 Å². The Labute approximate surface area is 90.2 Å². The first-order valence-corrected chi connectivity index (χ1v) is 5.76. The number of aromatic nitrogens is 2. The van der Waals surface area contributed by atoms with E-state index in [9.17, 15) is 8.42 Å². The number of sulfonamides is 1. The van der Waals surface area contributed by atoms with E-state index in [2.05, 4.69) is 19.7 Å². The van der Waals surface area contributed by atoms with E-state index in [0.717, 1.165) is 0 Å². The largest absolute Gasteiger partial charge is 0.244 e. The van der Waals surface area contributed by atoms with Gasteiger partial charge in [-0.2, -0.15) is 0 Å². The van der Waals surface area contributed by atoms with Gasteiger partial charge in [-0.05, 0) is 29.5 Å². The molecular weight excluding hydrogens is 242 g/mol. The van der Waals surface area contributed by atoms with Crippen molar-refractivity contribution in [3.05, 3.63) is 17.2 Å². The summed E-state index contributed by atoms with van der Waals surface area (Å²) in [7, 11) is -2.38. The van der Waals surface area contributed by atoms with Gasteiger partial charge in [0.15, 0.2) is 5.52 Å². The Kier molecular flexibility index (Phi) is 2.37. The Hall–Kier alpha value is -1.18. The first-order chi connectivity index (χ1) is 7.06. The molecule has 6 nitrogen and oxygen atoms in total. The van der Waals surface area contributed by atoms with Gasteiger partial charge in [0, 0.05) is 0 Å². The van der Waals surface area contributed by atoms with Gasteiger partial charge in [0.2, 0.25) is 10.0 Å². The van der Waals surface area contributed by atoms with Gasteiger partial charge < -0.3 is 0 Å². The lowest BCUT2D eigenvalue weighted by molar-refractivity contribution is 0.315. The molecule has 0 unspecified atom stereocenters. The second-order valence-electron chi connectivity index (χ2n) is 2.72. The lowest BCUT2D eigenvalue weighted by Crippen LogP contribution is -2.19. The predicted molar refractivity (Wildman–Crippen MR) is 53.1 cm³/mol. The quantitative estimate of drug-likeness (QED) is 0.848. The van der Waals surface area contributed by atoms with Gasteiger partial charge in [0.1, 0.15) is 10.4 Å². The highest BCUT2D eigenvalue weighted by atomic mass is 35.5. The first-order valence-electron chi connectivity index (χ1n) is 3.90. The van der Waals surface area contributed by atoms with Crippen molar-refractivity contribution < 1.29 is 13.0 Å². The number of nitrogens with one attached hydrogen (secondary N) is 1. The third-order valence-electron chi connectivity index (χ3n) is 1.87. The highest BCUT2D eigenvalue weighted by Crippen LogP contribution is 2.27. The van der Waals surface area contributed by atoms with Crippen LogP contribution in [0.5, 0.6) is 0 Å². The SMILES string of the molecule is CNS(=O)(=O)c1c(Cl)ccc2nonc12. The summed E-state index contributed by atoms with van der Waals surface area (Å²) in [4.78, 5) is -0.120. The maximum atomic E-state index is 11.6. The maximum absolute atomic E-state index is 11.6. The van der Waals surface area contributed by atoms with Crippen LogP contribution in [-0.4, -0.2) is 25.8 Å². The number of nitrogens with zero attached hydrogens (tertiary/aromatic N) is 2. The fourth-order valence-electron chi connectivity index (χ4n) is 1.16. The molecule has 0 radical (unpaired) electrons. The van der Waals surface area contributed by atoms with E-state index in [1.54, 1.807) is 0 Å². The van der Waals surface area contributed by atoms with Crippen LogP contribution in [0.25, 0.3) is 11.0 Å². The molecule has 0 aliphatic rings. The molecule has 2 aromatic rings. The van der Waals surface area contributed by atoms with Crippen LogP contribution < -0.4 is 4.72 Å². The lowest BCUT2D eigenvalue weighted by Gasteiger charge is -2.03. The van der Waals surface area contributed by atoms with Gasteiger partial charge in [-0.3, -0.25) is 0 Å². The predicted octanol–water partition coefficient (Wildman–Crippen LogP) is 0.784. The van der Waals surface area contributed by atoms with Crippen molar-refractivity contribution in [2.24, 2.45) is 0 Å². The van der Waals surface area contributed by atoms with Gasteiger partial charge in [-0.15, -0.1) is 0 Å². The van der Waals surface area contributed by atoms with Crippen molar-refractivity contribution in [2.45, 2.75) is 4.90 Å². The second-order valence-corrected chi connectivity index (χ2v) is 4.95. The van der Waals surface area contributed by atoms with Gasteiger partial charge in [0.25, 0.3) is 0 Å². The first kappa shape index (κ1) is 10.3. The van der Waals surface area contributed by atoms with Crippen LogP contribution in [0.3, 0.4) is 0 Å². The number of hydrogen-bond acceptors (Lipinski definition) is 5. The Morgan fingerprint density at radius 2 is 2.13 bits per heavy atom. The van der Waals surface area contributed by atoms with Crippen molar-refractivity contribution in [3.8, 4) is 0 Å². The number of hydrogen-bond donors (Lipinski definition) is 1. The topological polar surface area (TPSA) is 85.1 Å². The minimum Gasteiger partial charge on any atom is -0.243 e. The van der Waals surface area contributed by atoms with Crippen molar-refractivity contribution >= 4 is 32.7 Å². The molecule has 0 aliphatic heterocycles. The number of rotatable bonds is 2. The molecule has 0 saturated carbocycles. The standard InChI is InChI=1S/C7H6ClN3O3S/c1-9-15(12,13)7-4(8)2-3-5-6(7)11-14-10-5/h2-3,9H,1H3. The van der Waals surface area contributed by atoms with E-state index >= 15 is 0 Å². The maximum Gasteiger partial charge on any atom is 0.244 e. The number of halogens is 1. The van der Waals surface area contributed by atoms with Gasteiger partial charge in [0.05, 0.1) is 5.02 Å². The molecule has 0 saturated heterocycles. The van der Waals surface area contributed by atoms with E-state index in [-0.39, 0.29) is 15.4 Å². The summed E-state index contributed by atoms with van der Waals surface area (Å²) in [6, 6.07) is 2.96. The third-order valence-corrected chi connectivity index (χ3v) is 3.79. The number of benzene rings is 1. The molecule has 0 spiro atoms. The van der Waals surface area contributed by atoms with Crippen molar-refractivity contribution in [1.29, 1.82) is 0 Å². The summed E-state index contributed by atoms with van der Waals surface area (Å²) in [6.07, 6.45) is 0. The zero-order valence-corrected chi connectivity index (χ0v) is 9.13. The molecule has 1 heterocycles. The summed E-state index contributed by atoms with van der Waals surface area (Å²) in [5.74, 6) is 0. The minimum absolute atomic E-state index is 0.0764. The Morgan fingerprint density at radius 3 is 2.80 bits per heavy atom. The van der Waals surface area contributed by atoms with E-state index < -0.39 is 10.0 Å². The van der Waals surface area contributed by atoms with Crippen molar-refractivity contribution in [1.82, 2.24) is 15.0 Å². The van der Waals surface area contributed by atoms with E-state index in [0.29, 0.717) is 5.52 Å². The van der Waals surface area contributed by atoms with Gasteiger partial charge in [-0.25, -0.2) is 17.8 Å². The van der Waals surface area contributed by atoms with Crippen molar-refractivity contribution in [2.75, 3.05) is 7.05 Å². The molecule has 0 fully saturated rings. The summed E-state index contributed by atoms with van der Waals surface area (Å²) in [5.41, 5.74) is 0.463. The zero-order valence-electron chi connectivity index (χ0n) is 7.56. The second kappa shape index (κ2) is 3.44. The molecule has 2 rings (SSSR count). The Morgan fingerprint density at radius 1 is 1.40 bits per heavy atom. The molecule has 1 N–H and O–H groups in total. The highest BCUT2D eigenvalue weighted by molar-refractivity contribution is 7.89. The van der Waals surface area contributed by atoms with Crippen LogP contribution in [0, 0.1) is 0 Å². The molecular formula is C7H6ClN3O3S. The molecule has 80 valence electrons. The van der Waals surface area contributed by atoms with Crippen LogP contribution in [-0.2, 0) is 10.0 Å². The average Bonchev–Trinajstić information content (AvgIpc) is 2.64. The molecule has 0 bridgehead atoms. The smallest absolute Gasteiger partial charge is 0.243 e. The third kappa shape index (κ3) is 1.58. The summed E-state index contributed by atoms with van der Waals surface area (Å²) in [5, 5.41) is 7.11. The molecule has 15 heavy (non-hydrogen) atoms. The summed E-state index contributed by atoms with van der Waals surface area (Å²) < 4.78 is 29.9. The minimum atomic E-state index is -3.67. The molecule has 0 amide bonds. The van der Waals surface area contributed by atoms with Crippen LogP contribution in [0.2, 0.25) is 5.02 Å². The molecule has 1 aromatic heterocycles. The average molecular weight is 248 g/mol. The normalized spacial score (nSPS) is 12.1. The van der Waals surface area contributed by atoms with Crippen LogP contribution in [0.15, 0.2) is 21.7 Å². The monoisotopic (exact) mass is 247 g/mol.